The van der Waals surface area contributed by atoms with Gasteiger partial charge in [-0.1, -0.05) is 12.1 Å². The van der Waals surface area contributed by atoms with Crippen LogP contribution in [0.15, 0.2) is 18.2 Å². The van der Waals surface area contributed by atoms with Gasteiger partial charge in [-0.05, 0) is 6.07 Å². The quantitative estimate of drug-likeness (QED) is 0.680. The van der Waals surface area contributed by atoms with Crippen molar-refractivity contribution in [3.63, 3.8) is 0 Å². The summed E-state index contributed by atoms with van der Waals surface area (Å²) >= 11 is 0. The summed E-state index contributed by atoms with van der Waals surface area (Å²) in [5.41, 5.74) is -0.729. The van der Waals surface area contributed by atoms with E-state index >= 15 is 0 Å². The highest BCUT2D eigenvalue weighted by Crippen LogP contribution is 2.22. The van der Waals surface area contributed by atoms with Gasteiger partial charge >= 0.3 is 5.97 Å². The van der Waals surface area contributed by atoms with Crippen molar-refractivity contribution in [2.75, 3.05) is 0 Å². The number of aliphatic hydroxyl groups excluding tert-OH is 2. The number of carboxylic acids is 1. The van der Waals surface area contributed by atoms with Crippen LogP contribution < -0.4 is 0 Å². The first-order valence-electron chi connectivity index (χ1n) is 4.26. The fraction of sp³-hybridized carbons (Fsp3) is 0.200. The van der Waals surface area contributed by atoms with Crippen LogP contribution in [-0.4, -0.2) is 27.4 Å². The Balaban J connectivity index is 3.19. The van der Waals surface area contributed by atoms with Crippen molar-refractivity contribution in [3.8, 4) is 6.07 Å². The van der Waals surface area contributed by atoms with Crippen LogP contribution in [0.5, 0.6) is 0 Å². The zero-order valence-electron chi connectivity index (χ0n) is 7.96. The fourth-order valence-electron chi connectivity index (χ4n) is 1.21. The molecule has 0 heterocycles. The minimum atomic E-state index is -2.10. The number of carboxylic acid groups (broad SMARTS) is 1. The lowest BCUT2D eigenvalue weighted by molar-refractivity contribution is -0.153. The first kappa shape index (κ1) is 12.1. The molecule has 2 atom stereocenters. The number of nitriles is 1. The highest BCUT2D eigenvalue weighted by Gasteiger charge is 2.28. The zero-order valence-corrected chi connectivity index (χ0v) is 7.96. The lowest BCUT2D eigenvalue weighted by Crippen LogP contribution is -2.28. The third kappa shape index (κ3) is 2.16. The SMILES string of the molecule is N#Cc1c(F)cccc1C(O)C(O)C(=O)O. The van der Waals surface area contributed by atoms with Crippen LogP contribution in [0.3, 0.4) is 0 Å². The molecule has 0 radical (unpaired) electrons. The Morgan fingerprint density at radius 2 is 2.06 bits per heavy atom. The summed E-state index contributed by atoms with van der Waals surface area (Å²) < 4.78 is 13.1. The molecule has 1 aromatic rings. The van der Waals surface area contributed by atoms with Crippen molar-refractivity contribution in [2.24, 2.45) is 0 Å². The average Bonchev–Trinajstić information content (AvgIpc) is 2.26. The van der Waals surface area contributed by atoms with Crippen LogP contribution in [0.1, 0.15) is 17.2 Å². The average molecular weight is 225 g/mol. The molecule has 0 aliphatic rings. The van der Waals surface area contributed by atoms with Gasteiger partial charge in [0.2, 0.25) is 0 Å². The number of nitrogens with zero attached hydrogens (tertiary/aromatic N) is 1. The number of aliphatic hydroxyl groups is 2. The number of rotatable bonds is 3. The van der Waals surface area contributed by atoms with E-state index in [9.17, 15) is 14.3 Å². The second kappa shape index (κ2) is 4.70. The summed E-state index contributed by atoms with van der Waals surface area (Å²) in [7, 11) is 0. The molecule has 0 saturated carbocycles. The molecule has 0 fully saturated rings. The minimum absolute atomic E-state index is 0.252. The van der Waals surface area contributed by atoms with Crippen LogP contribution in [0, 0.1) is 17.1 Å². The third-order valence-corrected chi connectivity index (χ3v) is 2.03. The van der Waals surface area contributed by atoms with Crippen molar-refractivity contribution in [3.05, 3.63) is 35.1 Å². The lowest BCUT2D eigenvalue weighted by Gasteiger charge is -2.15. The predicted octanol–water partition coefficient (Wildman–Crippen LogP) is 0.176. The van der Waals surface area contributed by atoms with Gasteiger partial charge in [0, 0.05) is 5.56 Å². The van der Waals surface area contributed by atoms with Crippen LogP contribution >= 0.6 is 0 Å². The van der Waals surface area contributed by atoms with Crippen molar-refractivity contribution in [2.45, 2.75) is 12.2 Å². The first-order valence-corrected chi connectivity index (χ1v) is 4.26. The molecule has 2 unspecified atom stereocenters. The van der Waals surface area contributed by atoms with Gasteiger partial charge in [0.15, 0.2) is 6.10 Å². The molecular weight excluding hydrogens is 217 g/mol. The molecule has 1 aromatic carbocycles. The normalized spacial score (nSPS) is 13.9. The number of halogens is 1. The number of aliphatic carboxylic acids is 1. The Bertz CT molecular complexity index is 455. The van der Waals surface area contributed by atoms with E-state index in [0.717, 1.165) is 6.07 Å². The Hall–Kier alpha value is -1.97. The number of hydrogen-bond donors (Lipinski definition) is 3. The smallest absolute Gasteiger partial charge is 0.335 e. The molecular formula is C10H8FNO4. The van der Waals surface area contributed by atoms with E-state index in [4.69, 9.17) is 15.5 Å². The zero-order chi connectivity index (χ0) is 12.3. The minimum Gasteiger partial charge on any atom is -0.479 e. The van der Waals surface area contributed by atoms with E-state index in [1.165, 1.54) is 18.2 Å². The first-order chi connectivity index (χ1) is 7.49. The number of benzene rings is 1. The van der Waals surface area contributed by atoms with Crippen LogP contribution in [0.2, 0.25) is 0 Å². The molecule has 0 amide bonds. The Labute approximate surface area is 90.0 Å². The van der Waals surface area contributed by atoms with E-state index in [1.807, 2.05) is 0 Å². The predicted molar refractivity (Wildman–Crippen MR) is 49.7 cm³/mol. The maximum Gasteiger partial charge on any atom is 0.335 e. The van der Waals surface area contributed by atoms with Gasteiger partial charge in [-0.25, -0.2) is 9.18 Å². The van der Waals surface area contributed by atoms with Gasteiger partial charge in [-0.3, -0.25) is 0 Å². The topological polar surface area (TPSA) is 102 Å². The number of hydrogen-bond acceptors (Lipinski definition) is 4. The Kier molecular flexibility index (Phi) is 3.55. The second-order valence-electron chi connectivity index (χ2n) is 3.04. The molecule has 3 N–H and O–H groups in total. The Morgan fingerprint density at radius 1 is 1.44 bits per heavy atom. The van der Waals surface area contributed by atoms with Crippen molar-refractivity contribution in [1.29, 1.82) is 5.26 Å². The Morgan fingerprint density at radius 3 is 2.56 bits per heavy atom. The summed E-state index contributed by atoms with van der Waals surface area (Å²) in [4.78, 5) is 10.4. The lowest BCUT2D eigenvalue weighted by atomic mass is 9.99. The molecule has 6 heteroatoms. The standard InChI is InChI=1S/C10H8FNO4/c11-7-3-1-2-5(6(7)4-12)8(13)9(14)10(15)16/h1-3,8-9,13-14H,(H,15,16). The summed E-state index contributed by atoms with van der Waals surface area (Å²) in [6, 6.07) is 4.89. The van der Waals surface area contributed by atoms with Gasteiger partial charge in [-0.15, -0.1) is 0 Å². The van der Waals surface area contributed by atoms with Crippen molar-refractivity contribution >= 4 is 5.97 Å². The molecule has 0 aliphatic heterocycles. The van der Waals surface area contributed by atoms with Crippen LogP contribution in [-0.2, 0) is 4.79 Å². The monoisotopic (exact) mass is 225 g/mol. The van der Waals surface area contributed by atoms with E-state index < -0.39 is 29.6 Å². The summed E-state index contributed by atoms with van der Waals surface area (Å²) in [5, 5.41) is 35.6. The van der Waals surface area contributed by atoms with Crippen LogP contribution in [0.4, 0.5) is 4.39 Å². The van der Waals surface area contributed by atoms with Crippen molar-refractivity contribution < 1.29 is 24.5 Å². The summed E-state index contributed by atoms with van der Waals surface area (Å²) in [5.74, 6) is -2.53. The summed E-state index contributed by atoms with van der Waals surface area (Å²) in [6.07, 6.45) is -3.95. The molecule has 84 valence electrons. The molecule has 5 nitrogen and oxygen atoms in total. The highest BCUT2D eigenvalue weighted by molar-refractivity contribution is 5.73. The largest absolute Gasteiger partial charge is 0.479 e. The van der Waals surface area contributed by atoms with Gasteiger partial charge in [-0.2, -0.15) is 5.26 Å². The van der Waals surface area contributed by atoms with E-state index in [2.05, 4.69) is 0 Å². The van der Waals surface area contributed by atoms with E-state index in [1.54, 1.807) is 0 Å². The molecule has 1 rings (SSSR count). The van der Waals surface area contributed by atoms with Gasteiger partial charge in [0.1, 0.15) is 18.0 Å². The second-order valence-corrected chi connectivity index (χ2v) is 3.04. The highest BCUT2D eigenvalue weighted by atomic mass is 19.1. The number of carbonyl (C=O) groups is 1. The van der Waals surface area contributed by atoms with E-state index in [-0.39, 0.29) is 5.56 Å². The molecule has 0 aromatic heterocycles. The van der Waals surface area contributed by atoms with Crippen LogP contribution in [0.25, 0.3) is 0 Å². The van der Waals surface area contributed by atoms with Gasteiger partial charge in [0.05, 0.1) is 5.56 Å². The maximum absolute atomic E-state index is 13.1. The van der Waals surface area contributed by atoms with Crippen molar-refractivity contribution in [1.82, 2.24) is 0 Å². The van der Waals surface area contributed by atoms with Gasteiger partial charge in [0.25, 0.3) is 0 Å². The molecule has 16 heavy (non-hydrogen) atoms. The molecule has 0 saturated heterocycles. The fourth-order valence-corrected chi connectivity index (χ4v) is 1.21. The molecule has 0 aliphatic carbocycles. The molecule has 0 spiro atoms. The van der Waals surface area contributed by atoms with Gasteiger partial charge < -0.3 is 15.3 Å². The van der Waals surface area contributed by atoms with E-state index in [0.29, 0.717) is 0 Å². The summed E-state index contributed by atoms with van der Waals surface area (Å²) in [6.45, 7) is 0. The molecule has 0 bridgehead atoms. The maximum atomic E-state index is 13.1. The third-order valence-electron chi connectivity index (χ3n) is 2.03.